The van der Waals surface area contributed by atoms with Gasteiger partial charge in [-0.05, 0) is 25.0 Å². The van der Waals surface area contributed by atoms with Gasteiger partial charge in [-0.25, -0.2) is 4.79 Å². The van der Waals surface area contributed by atoms with E-state index in [1.165, 1.54) is 23.1 Å². The maximum atomic E-state index is 13.0. The summed E-state index contributed by atoms with van der Waals surface area (Å²) in [5, 5.41) is 5.24. The Labute approximate surface area is 131 Å². The maximum absolute atomic E-state index is 13.0. The van der Waals surface area contributed by atoms with E-state index in [1.807, 2.05) is 0 Å². The van der Waals surface area contributed by atoms with Crippen LogP contribution in [0.5, 0.6) is 0 Å². The monoisotopic (exact) mass is 329 g/mol. The fraction of sp³-hybridized carbons (Fsp3) is 0.467. The number of nitrogens with zero attached hydrogens (tertiary/aromatic N) is 1. The number of urea groups is 1. The van der Waals surface area contributed by atoms with E-state index < -0.39 is 23.8 Å². The Morgan fingerprint density at radius 2 is 2.09 bits per heavy atom. The van der Waals surface area contributed by atoms with E-state index in [0.717, 1.165) is 6.07 Å². The summed E-state index contributed by atoms with van der Waals surface area (Å²) in [5.41, 5.74) is -0.567. The molecule has 2 N–H and O–H groups in total. The first kappa shape index (κ1) is 17.1. The van der Waals surface area contributed by atoms with Crippen molar-refractivity contribution in [1.82, 2.24) is 15.5 Å². The number of amides is 3. The SMILES string of the molecule is CC(Cc1ccccc1C(F)(F)F)NC(=O)N1CCNC(=O)C1. The minimum atomic E-state index is -4.43. The number of halogens is 3. The highest BCUT2D eigenvalue weighted by Gasteiger charge is 2.33. The molecule has 1 aromatic carbocycles. The number of hydrogen-bond donors (Lipinski definition) is 2. The Morgan fingerprint density at radius 1 is 1.39 bits per heavy atom. The molecule has 0 saturated carbocycles. The normalized spacial score (nSPS) is 16.7. The average molecular weight is 329 g/mol. The predicted octanol–water partition coefficient (Wildman–Crippen LogP) is 1.78. The molecule has 5 nitrogen and oxygen atoms in total. The molecule has 1 aromatic rings. The first-order valence-corrected chi connectivity index (χ1v) is 7.24. The predicted molar refractivity (Wildman–Crippen MR) is 77.7 cm³/mol. The topological polar surface area (TPSA) is 61.4 Å². The summed E-state index contributed by atoms with van der Waals surface area (Å²) in [6, 6.07) is 4.36. The van der Waals surface area contributed by atoms with E-state index in [9.17, 15) is 22.8 Å². The van der Waals surface area contributed by atoms with Gasteiger partial charge in [0, 0.05) is 19.1 Å². The van der Waals surface area contributed by atoms with Gasteiger partial charge in [0.05, 0.1) is 5.56 Å². The molecular formula is C15H18F3N3O2. The van der Waals surface area contributed by atoms with Crippen molar-refractivity contribution >= 4 is 11.9 Å². The molecule has 23 heavy (non-hydrogen) atoms. The van der Waals surface area contributed by atoms with Crippen LogP contribution in [0.1, 0.15) is 18.1 Å². The Morgan fingerprint density at radius 3 is 2.74 bits per heavy atom. The molecule has 0 bridgehead atoms. The van der Waals surface area contributed by atoms with Gasteiger partial charge in [-0.3, -0.25) is 4.79 Å². The third-order valence-corrected chi connectivity index (χ3v) is 3.54. The molecule has 1 aliphatic rings. The average Bonchev–Trinajstić information content (AvgIpc) is 2.46. The largest absolute Gasteiger partial charge is 0.416 e. The zero-order valence-electron chi connectivity index (χ0n) is 12.6. The second-order valence-corrected chi connectivity index (χ2v) is 5.48. The highest BCUT2D eigenvalue weighted by molar-refractivity contribution is 5.85. The highest BCUT2D eigenvalue weighted by atomic mass is 19.4. The molecule has 0 radical (unpaired) electrons. The summed E-state index contributed by atoms with van der Waals surface area (Å²) < 4.78 is 38.9. The summed E-state index contributed by atoms with van der Waals surface area (Å²) in [7, 11) is 0. The molecule has 1 heterocycles. The van der Waals surface area contributed by atoms with Crippen LogP contribution >= 0.6 is 0 Å². The smallest absolute Gasteiger partial charge is 0.353 e. The van der Waals surface area contributed by atoms with E-state index >= 15 is 0 Å². The fourth-order valence-electron chi connectivity index (χ4n) is 2.47. The summed E-state index contributed by atoms with van der Waals surface area (Å²) in [5.74, 6) is -0.249. The summed E-state index contributed by atoms with van der Waals surface area (Å²) in [6.07, 6.45) is -4.37. The molecule has 1 unspecified atom stereocenters. The van der Waals surface area contributed by atoms with Gasteiger partial charge in [0.15, 0.2) is 0 Å². The summed E-state index contributed by atoms with van der Waals surface area (Å²) in [6.45, 7) is 2.34. The van der Waals surface area contributed by atoms with E-state index in [2.05, 4.69) is 10.6 Å². The molecule has 1 aliphatic heterocycles. The molecule has 0 aromatic heterocycles. The summed E-state index contributed by atoms with van der Waals surface area (Å²) in [4.78, 5) is 24.6. The lowest BCUT2D eigenvalue weighted by molar-refractivity contribution is -0.138. The van der Waals surface area contributed by atoms with Crippen LogP contribution in [0, 0.1) is 0 Å². The van der Waals surface area contributed by atoms with Crippen molar-refractivity contribution in [2.45, 2.75) is 25.6 Å². The van der Waals surface area contributed by atoms with Crippen LogP contribution in [0.3, 0.4) is 0 Å². The molecule has 126 valence electrons. The first-order chi connectivity index (χ1) is 10.8. The molecule has 0 spiro atoms. The molecule has 1 saturated heterocycles. The number of hydrogen-bond acceptors (Lipinski definition) is 2. The zero-order chi connectivity index (χ0) is 17.0. The van der Waals surface area contributed by atoms with Gasteiger partial charge in [-0.1, -0.05) is 18.2 Å². The van der Waals surface area contributed by atoms with Gasteiger partial charge in [0.1, 0.15) is 6.54 Å². The molecule has 8 heteroatoms. The lowest BCUT2D eigenvalue weighted by atomic mass is 10.0. The lowest BCUT2D eigenvalue weighted by Gasteiger charge is -2.28. The van der Waals surface area contributed by atoms with Crippen LogP contribution in [0.2, 0.25) is 0 Å². The zero-order valence-corrected chi connectivity index (χ0v) is 12.6. The van der Waals surface area contributed by atoms with Crippen LogP contribution in [0.25, 0.3) is 0 Å². The quantitative estimate of drug-likeness (QED) is 0.888. The Balaban J connectivity index is 1.98. The Bertz CT molecular complexity index is 590. The van der Waals surface area contributed by atoms with Crippen molar-refractivity contribution in [2.75, 3.05) is 19.6 Å². The Hall–Kier alpha value is -2.25. The molecule has 1 atom stereocenters. The number of piperazine rings is 1. The van der Waals surface area contributed by atoms with Gasteiger partial charge in [0.2, 0.25) is 5.91 Å². The fourth-order valence-corrected chi connectivity index (χ4v) is 2.47. The second kappa shape index (κ2) is 6.89. The van der Waals surface area contributed by atoms with Crippen molar-refractivity contribution in [3.8, 4) is 0 Å². The van der Waals surface area contributed by atoms with Crippen molar-refractivity contribution < 1.29 is 22.8 Å². The maximum Gasteiger partial charge on any atom is 0.416 e. The van der Waals surface area contributed by atoms with Gasteiger partial charge in [-0.2, -0.15) is 13.2 Å². The van der Waals surface area contributed by atoms with Crippen LogP contribution < -0.4 is 10.6 Å². The molecule has 0 aliphatic carbocycles. The van der Waals surface area contributed by atoms with Gasteiger partial charge >= 0.3 is 12.2 Å². The number of rotatable bonds is 3. The van der Waals surface area contributed by atoms with E-state index in [4.69, 9.17) is 0 Å². The van der Waals surface area contributed by atoms with Gasteiger partial charge in [0.25, 0.3) is 0 Å². The first-order valence-electron chi connectivity index (χ1n) is 7.24. The van der Waals surface area contributed by atoms with Gasteiger partial charge in [-0.15, -0.1) is 0 Å². The van der Waals surface area contributed by atoms with Gasteiger partial charge < -0.3 is 15.5 Å². The number of carbonyl (C=O) groups excluding carboxylic acids is 2. The van der Waals surface area contributed by atoms with Crippen molar-refractivity contribution in [2.24, 2.45) is 0 Å². The molecule has 1 fully saturated rings. The second-order valence-electron chi connectivity index (χ2n) is 5.48. The Kier molecular flexibility index (Phi) is 5.12. The minimum absolute atomic E-state index is 0.0440. The third-order valence-electron chi connectivity index (χ3n) is 3.54. The van der Waals surface area contributed by atoms with E-state index in [1.54, 1.807) is 6.92 Å². The van der Waals surface area contributed by atoms with E-state index in [-0.39, 0.29) is 24.4 Å². The molecule has 3 amide bonds. The number of carbonyl (C=O) groups is 2. The third kappa shape index (κ3) is 4.61. The molecular weight excluding hydrogens is 311 g/mol. The van der Waals surface area contributed by atoms with Crippen molar-refractivity contribution in [1.29, 1.82) is 0 Å². The highest BCUT2D eigenvalue weighted by Crippen LogP contribution is 2.32. The van der Waals surface area contributed by atoms with Crippen LogP contribution in [0.15, 0.2) is 24.3 Å². The standard InChI is InChI=1S/C15H18F3N3O2/c1-10(20-14(23)21-7-6-19-13(22)9-21)8-11-4-2-3-5-12(11)15(16,17)18/h2-5,10H,6-9H2,1H3,(H,19,22)(H,20,23). The van der Waals surface area contributed by atoms with Crippen LogP contribution in [-0.4, -0.2) is 42.5 Å². The van der Waals surface area contributed by atoms with Crippen molar-refractivity contribution in [3.05, 3.63) is 35.4 Å². The van der Waals surface area contributed by atoms with Crippen LogP contribution in [-0.2, 0) is 17.4 Å². The minimum Gasteiger partial charge on any atom is -0.353 e. The van der Waals surface area contributed by atoms with E-state index in [0.29, 0.717) is 13.1 Å². The van der Waals surface area contributed by atoms with Crippen molar-refractivity contribution in [3.63, 3.8) is 0 Å². The number of nitrogens with one attached hydrogen (secondary N) is 2. The number of alkyl halides is 3. The number of benzene rings is 1. The summed E-state index contributed by atoms with van der Waals surface area (Å²) >= 11 is 0. The molecule has 2 rings (SSSR count). The lowest BCUT2D eigenvalue weighted by Crippen LogP contribution is -2.54. The van der Waals surface area contributed by atoms with Crippen LogP contribution in [0.4, 0.5) is 18.0 Å².